The first-order chi connectivity index (χ1) is 14.6. The van der Waals surface area contributed by atoms with Crippen LogP contribution >= 0.6 is 11.8 Å². The van der Waals surface area contributed by atoms with Crippen molar-refractivity contribution in [3.63, 3.8) is 0 Å². The number of benzene rings is 2. The van der Waals surface area contributed by atoms with Crippen LogP contribution in [0.5, 0.6) is 0 Å². The number of carbonyl (C=O) groups is 1. The zero-order valence-corrected chi connectivity index (χ0v) is 16.8. The van der Waals surface area contributed by atoms with Gasteiger partial charge in [-0.3, -0.25) is 14.9 Å². The summed E-state index contributed by atoms with van der Waals surface area (Å²) in [5.74, 6) is 0.657. The number of non-ortho nitro benzene ring substituents is 1. The van der Waals surface area contributed by atoms with E-state index in [1.165, 1.54) is 36.0 Å². The Labute approximate surface area is 175 Å². The second kappa shape index (κ2) is 8.37. The molecule has 0 aliphatic heterocycles. The molecule has 0 aliphatic rings. The molecule has 0 atom stereocenters. The van der Waals surface area contributed by atoms with Crippen LogP contribution in [0.1, 0.15) is 6.92 Å². The average molecular weight is 422 g/mol. The lowest BCUT2D eigenvalue weighted by molar-refractivity contribution is -0.384. The van der Waals surface area contributed by atoms with Crippen molar-refractivity contribution in [1.82, 2.24) is 19.7 Å². The molecule has 4 rings (SSSR count). The number of carbonyl (C=O) groups excluding carboxylic acids is 1. The van der Waals surface area contributed by atoms with Crippen molar-refractivity contribution in [2.45, 2.75) is 18.6 Å². The fourth-order valence-corrected chi connectivity index (χ4v) is 3.93. The van der Waals surface area contributed by atoms with E-state index in [-0.39, 0.29) is 17.3 Å². The third kappa shape index (κ3) is 3.90. The van der Waals surface area contributed by atoms with Gasteiger partial charge in [-0.15, -0.1) is 10.2 Å². The van der Waals surface area contributed by atoms with E-state index in [1.807, 2.05) is 42.0 Å². The summed E-state index contributed by atoms with van der Waals surface area (Å²) in [7, 11) is 0. The van der Waals surface area contributed by atoms with Gasteiger partial charge in [0, 0.05) is 47.0 Å². The Morgan fingerprint density at radius 2 is 1.97 bits per heavy atom. The summed E-state index contributed by atoms with van der Waals surface area (Å²) in [5.41, 5.74) is 2.46. The highest BCUT2D eigenvalue weighted by atomic mass is 32.2. The summed E-state index contributed by atoms with van der Waals surface area (Å²) in [5, 5.41) is 23.8. The Kier molecular flexibility index (Phi) is 5.48. The fourth-order valence-electron chi connectivity index (χ4n) is 3.13. The van der Waals surface area contributed by atoms with Crippen LogP contribution in [0.15, 0.2) is 59.9 Å². The summed E-state index contributed by atoms with van der Waals surface area (Å²) < 4.78 is 1.97. The summed E-state index contributed by atoms with van der Waals surface area (Å²) in [6, 6.07) is 13.7. The van der Waals surface area contributed by atoms with Gasteiger partial charge in [0.05, 0.1) is 10.7 Å². The van der Waals surface area contributed by atoms with Crippen molar-refractivity contribution in [1.29, 1.82) is 0 Å². The third-order valence-corrected chi connectivity index (χ3v) is 5.52. The molecular formula is C20H18N6O3S. The maximum atomic E-state index is 12.3. The summed E-state index contributed by atoms with van der Waals surface area (Å²) in [6.45, 7) is 2.66. The number of hydrogen-bond acceptors (Lipinski definition) is 6. The molecule has 0 bridgehead atoms. The Balaban J connectivity index is 1.46. The quantitative estimate of drug-likeness (QED) is 0.263. The number of anilines is 1. The van der Waals surface area contributed by atoms with Crippen molar-refractivity contribution >= 4 is 39.9 Å². The number of aromatic amines is 1. The van der Waals surface area contributed by atoms with Crippen molar-refractivity contribution in [3.8, 4) is 11.4 Å². The number of nitrogens with one attached hydrogen (secondary N) is 2. The van der Waals surface area contributed by atoms with E-state index in [9.17, 15) is 14.9 Å². The third-order valence-electron chi connectivity index (χ3n) is 4.56. The van der Waals surface area contributed by atoms with Crippen molar-refractivity contribution in [2.24, 2.45) is 0 Å². The Hall–Kier alpha value is -3.66. The van der Waals surface area contributed by atoms with Gasteiger partial charge in [0.2, 0.25) is 5.91 Å². The van der Waals surface area contributed by atoms with Gasteiger partial charge in [0.15, 0.2) is 11.0 Å². The molecule has 0 fully saturated rings. The smallest absolute Gasteiger partial charge is 0.269 e. The number of fused-ring (bicyclic) bond motifs is 1. The maximum Gasteiger partial charge on any atom is 0.269 e. The topological polar surface area (TPSA) is 119 Å². The van der Waals surface area contributed by atoms with Crippen LogP contribution in [-0.2, 0) is 11.3 Å². The van der Waals surface area contributed by atoms with Gasteiger partial charge in [-0.2, -0.15) is 0 Å². The van der Waals surface area contributed by atoms with E-state index < -0.39 is 4.92 Å². The lowest BCUT2D eigenvalue weighted by Gasteiger charge is -2.07. The van der Waals surface area contributed by atoms with Crippen LogP contribution in [0, 0.1) is 10.1 Å². The minimum absolute atomic E-state index is 0.0248. The minimum atomic E-state index is -0.482. The van der Waals surface area contributed by atoms with Crippen LogP contribution in [0.25, 0.3) is 22.3 Å². The Bertz CT molecular complexity index is 1210. The van der Waals surface area contributed by atoms with Gasteiger partial charge in [0.1, 0.15) is 0 Å². The zero-order chi connectivity index (χ0) is 21.1. The molecular weight excluding hydrogens is 404 g/mol. The highest BCUT2D eigenvalue weighted by molar-refractivity contribution is 7.99. The first kappa shape index (κ1) is 19.6. The minimum Gasteiger partial charge on any atom is -0.360 e. The molecule has 0 spiro atoms. The zero-order valence-electron chi connectivity index (χ0n) is 16.0. The van der Waals surface area contributed by atoms with Crippen LogP contribution < -0.4 is 5.32 Å². The standard InChI is InChI=1S/C20H18N6O3S/c1-2-25-19(16-11-21-17-6-4-3-5-15(16)17)23-24-20(25)30-12-18(27)22-13-7-9-14(10-8-13)26(28)29/h3-11,21H,2,12H2,1H3,(H,22,27). The van der Waals surface area contributed by atoms with Crippen LogP contribution in [-0.4, -0.2) is 36.3 Å². The van der Waals surface area contributed by atoms with Gasteiger partial charge in [0.25, 0.3) is 5.69 Å². The predicted octanol–water partition coefficient (Wildman–Crippen LogP) is 4.09. The van der Waals surface area contributed by atoms with E-state index in [4.69, 9.17) is 0 Å². The molecule has 0 unspecified atom stereocenters. The Morgan fingerprint density at radius 1 is 1.20 bits per heavy atom. The maximum absolute atomic E-state index is 12.3. The number of nitro benzene ring substituents is 1. The number of nitrogens with zero attached hydrogens (tertiary/aromatic N) is 4. The number of hydrogen-bond donors (Lipinski definition) is 2. The van der Waals surface area contributed by atoms with Crippen LogP contribution in [0.3, 0.4) is 0 Å². The van der Waals surface area contributed by atoms with Gasteiger partial charge < -0.3 is 14.9 Å². The average Bonchev–Trinajstić information content (AvgIpc) is 3.36. The molecule has 2 heterocycles. The van der Waals surface area contributed by atoms with Gasteiger partial charge in [-0.1, -0.05) is 30.0 Å². The van der Waals surface area contributed by atoms with Gasteiger partial charge in [-0.05, 0) is 25.1 Å². The second-order valence-corrected chi connectivity index (χ2v) is 7.38. The van der Waals surface area contributed by atoms with Gasteiger partial charge in [-0.25, -0.2) is 0 Å². The second-order valence-electron chi connectivity index (χ2n) is 6.44. The van der Waals surface area contributed by atoms with Crippen LogP contribution in [0.2, 0.25) is 0 Å². The molecule has 0 aliphatic carbocycles. The molecule has 2 aromatic carbocycles. The highest BCUT2D eigenvalue weighted by Gasteiger charge is 2.17. The highest BCUT2D eigenvalue weighted by Crippen LogP contribution is 2.30. The Morgan fingerprint density at radius 3 is 2.70 bits per heavy atom. The molecule has 0 saturated heterocycles. The molecule has 30 heavy (non-hydrogen) atoms. The van der Waals surface area contributed by atoms with E-state index in [2.05, 4.69) is 20.5 Å². The number of aromatic nitrogens is 4. The van der Waals surface area contributed by atoms with E-state index >= 15 is 0 Å². The lowest BCUT2D eigenvalue weighted by atomic mass is 10.1. The SMILES string of the molecule is CCn1c(SCC(=O)Nc2ccc([N+](=O)[O-])cc2)nnc1-c1c[nH]c2ccccc12. The van der Waals surface area contributed by atoms with Gasteiger partial charge >= 0.3 is 0 Å². The van der Waals surface area contributed by atoms with E-state index in [0.29, 0.717) is 17.4 Å². The van der Waals surface area contributed by atoms with Crippen molar-refractivity contribution < 1.29 is 9.72 Å². The first-order valence-corrected chi connectivity index (χ1v) is 10.2. The summed E-state index contributed by atoms with van der Waals surface area (Å²) in [4.78, 5) is 25.8. The number of nitro groups is 1. The molecule has 152 valence electrons. The van der Waals surface area contributed by atoms with E-state index in [0.717, 1.165) is 22.3 Å². The summed E-state index contributed by atoms with van der Waals surface area (Å²) in [6.07, 6.45) is 1.91. The normalized spacial score (nSPS) is 11.0. The number of para-hydroxylation sites is 1. The largest absolute Gasteiger partial charge is 0.360 e. The predicted molar refractivity (Wildman–Crippen MR) is 115 cm³/mol. The number of rotatable bonds is 7. The molecule has 2 N–H and O–H groups in total. The number of thioether (sulfide) groups is 1. The molecule has 2 aromatic heterocycles. The molecule has 10 heteroatoms. The van der Waals surface area contributed by atoms with E-state index in [1.54, 1.807) is 0 Å². The lowest BCUT2D eigenvalue weighted by Crippen LogP contribution is -2.14. The monoisotopic (exact) mass is 422 g/mol. The summed E-state index contributed by atoms with van der Waals surface area (Å²) >= 11 is 1.29. The van der Waals surface area contributed by atoms with Crippen molar-refractivity contribution in [3.05, 3.63) is 64.8 Å². The molecule has 0 saturated carbocycles. The first-order valence-electron chi connectivity index (χ1n) is 9.23. The van der Waals surface area contributed by atoms with Crippen LogP contribution in [0.4, 0.5) is 11.4 Å². The molecule has 1 amide bonds. The fraction of sp³-hybridized carbons (Fsp3) is 0.150. The molecule has 0 radical (unpaired) electrons. The molecule has 4 aromatic rings. The van der Waals surface area contributed by atoms with Crippen molar-refractivity contribution in [2.75, 3.05) is 11.1 Å². The number of H-pyrrole nitrogens is 1. The molecule has 9 nitrogen and oxygen atoms in total. The number of amides is 1.